The predicted molar refractivity (Wildman–Crippen MR) is 73.9 cm³/mol. The summed E-state index contributed by atoms with van der Waals surface area (Å²) >= 11 is 5.91. The van der Waals surface area contributed by atoms with Gasteiger partial charge in [0.1, 0.15) is 11.5 Å². The molecule has 0 aliphatic rings. The van der Waals surface area contributed by atoms with E-state index in [1.165, 1.54) is 6.07 Å². The van der Waals surface area contributed by atoms with Crippen LogP contribution in [0.1, 0.15) is 34.8 Å². The standard InChI is InChI=1S/C14H14ClNO3/c1-8-3-6-13(19-8)9(2)16-10-4-5-11(14(17)18)12(15)7-10/h3-7,9,16H,1-2H3,(H,17,18). The number of aryl methyl sites for hydroxylation is 1. The molecule has 1 heterocycles. The second kappa shape index (κ2) is 5.36. The van der Waals surface area contributed by atoms with Crippen LogP contribution in [-0.4, -0.2) is 11.1 Å². The fraction of sp³-hybridized carbons (Fsp3) is 0.214. The van der Waals surface area contributed by atoms with Gasteiger partial charge in [0.15, 0.2) is 0 Å². The summed E-state index contributed by atoms with van der Waals surface area (Å²) in [6.07, 6.45) is 0. The fourth-order valence-corrected chi connectivity index (χ4v) is 2.05. The van der Waals surface area contributed by atoms with Crippen molar-refractivity contribution in [3.63, 3.8) is 0 Å². The van der Waals surface area contributed by atoms with Gasteiger partial charge in [-0.1, -0.05) is 11.6 Å². The van der Waals surface area contributed by atoms with Crippen molar-refractivity contribution in [2.45, 2.75) is 19.9 Å². The highest BCUT2D eigenvalue weighted by molar-refractivity contribution is 6.33. The van der Waals surface area contributed by atoms with Gasteiger partial charge < -0.3 is 14.8 Å². The summed E-state index contributed by atoms with van der Waals surface area (Å²) in [5, 5.41) is 12.3. The summed E-state index contributed by atoms with van der Waals surface area (Å²) in [4.78, 5) is 10.9. The molecular weight excluding hydrogens is 266 g/mol. The quantitative estimate of drug-likeness (QED) is 0.884. The monoisotopic (exact) mass is 279 g/mol. The minimum atomic E-state index is -1.04. The molecule has 0 saturated heterocycles. The van der Waals surface area contributed by atoms with Crippen LogP contribution in [0.15, 0.2) is 34.7 Å². The zero-order valence-corrected chi connectivity index (χ0v) is 11.4. The lowest BCUT2D eigenvalue weighted by atomic mass is 10.2. The summed E-state index contributed by atoms with van der Waals surface area (Å²) in [6.45, 7) is 3.84. The van der Waals surface area contributed by atoms with Gasteiger partial charge in [0, 0.05) is 5.69 Å². The highest BCUT2D eigenvalue weighted by Gasteiger charge is 2.12. The third-order valence-corrected chi connectivity index (χ3v) is 3.08. The Kier molecular flexibility index (Phi) is 3.81. The van der Waals surface area contributed by atoms with Gasteiger partial charge in [-0.2, -0.15) is 0 Å². The number of halogens is 1. The lowest BCUT2D eigenvalue weighted by Gasteiger charge is -2.13. The Morgan fingerprint density at radius 2 is 2.11 bits per heavy atom. The summed E-state index contributed by atoms with van der Waals surface area (Å²) in [7, 11) is 0. The van der Waals surface area contributed by atoms with Gasteiger partial charge >= 0.3 is 5.97 Å². The van der Waals surface area contributed by atoms with Crippen molar-refractivity contribution < 1.29 is 14.3 Å². The molecule has 1 aromatic heterocycles. The summed E-state index contributed by atoms with van der Waals surface area (Å²) in [5.74, 6) is 0.630. The van der Waals surface area contributed by atoms with Gasteiger partial charge in [0.05, 0.1) is 16.6 Å². The van der Waals surface area contributed by atoms with Crippen LogP contribution in [0.4, 0.5) is 5.69 Å². The fourth-order valence-electron chi connectivity index (χ4n) is 1.79. The van der Waals surface area contributed by atoms with Crippen LogP contribution >= 0.6 is 11.6 Å². The zero-order valence-electron chi connectivity index (χ0n) is 10.6. The van der Waals surface area contributed by atoms with Crippen molar-refractivity contribution in [2.75, 3.05) is 5.32 Å². The highest BCUT2D eigenvalue weighted by atomic mass is 35.5. The number of hydrogen-bond donors (Lipinski definition) is 2. The lowest BCUT2D eigenvalue weighted by Crippen LogP contribution is -2.06. The van der Waals surface area contributed by atoms with E-state index in [1.807, 2.05) is 26.0 Å². The summed E-state index contributed by atoms with van der Waals surface area (Å²) < 4.78 is 5.52. The summed E-state index contributed by atoms with van der Waals surface area (Å²) in [6, 6.07) is 8.53. The number of carboxylic acid groups (broad SMARTS) is 1. The number of aromatic carboxylic acids is 1. The van der Waals surface area contributed by atoms with Crippen LogP contribution in [0, 0.1) is 6.92 Å². The van der Waals surface area contributed by atoms with Crippen molar-refractivity contribution in [1.82, 2.24) is 0 Å². The molecule has 1 unspecified atom stereocenters. The molecule has 19 heavy (non-hydrogen) atoms. The smallest absolute Gasteiger partial charge is 0.337 e. The molecule has 0 bridgehead atoms. The number of furan rings is 1. The van der Waals surface area contributed by atoms with Crippen LogP contribution in [0.5, 0.6) is 0 Å². The number of hydrogen-bond acceptors (Lipinski definition) is 3. The predicted octanol–water partition coefficient (Wildman–Crippen LogP) is 4.11. The Balaban J connectivity index is 2.15. The molecule has 0 amide bonds. The maximum Gasteiger partial charge on any atom is 0.337 e. The van der Waals surface area contributed by atoms with E-state index in [2.05, 4.69) is 5.32 Å². The van der Waals surface area contributed by atoms with Crippen LogP contribution < -0.4 is 5.32 Å². The molecule has 0 fully saturated rings. The zero-order chi connectivity index (χ0) is 14.0. The van der Waals surface area contributed by atoms with E-state index in [9.17, 15) is 4.79 Å². The molecule has 0 spiro atoms. The lowest BCUT2D eigenvalue weighted by molar-refractivity contribution is 0.0697. The Bertz CT molecular complexity index is 606. The van der Waals surface area contributed by atoms with Gasteiger partial charge in [0.25, 0.3) is 0 Å². The number of carbonyl (C=O) groups is 1. The Morgan fingerprint density at radius 1 is 1.37 bits per heavy atom. The maximum atomic E-state index is 10.9. The van der Waals surface area contributed by atoms with E-state index < -0.39 is 5.97 Å². The molecule has 2 N–H and O–H groups in total. The maximum absolute atomic E-state index is 10.9. The third kappa shape index (κ3) is 3.09. The first-order valence-electron chi connectivity index (χ1n) is 5.83. The van der Waals surface area contributed by atoms with E-state index in [-0.39, 0.29) is 16.6 Å². The number of nitrogens with one attached hydrogen (secondary N) is 1. The largest absolute Gasteiger partial charge is 0.478 e. The molecule has 0 aliphatic heterocycles. The van der Waals surface area contributed by atoms with Gasteiger partial charge in [-0.05, 0) is 44.2 Å². The third-order valence-electron chi connectivity index (χ3n) is 2.77. The molecule has 0 saturated carbocycles. The first-order valence-corrected chi connectivity index (χ1v) is 6.21. The van der Waals surface area contributed by atoms with Crippen molar-refractivity contribution in [3.8, 4) is 0 Å². The molecule has 0 aliphatic carbocycles. The van der Waals surface area contributed by atoms with Gasteiger partial charge in [-0.15, -0.1) is 0 Å². The van der Waals surface area contributed by atoms with Crippen LogP contribution in [0.25, 0.3) is 0 Å². The molecule has 1 atom stereocenters. The molecule has 2 rings (SSSR count). The van der Waals surface area contributed by atoms with E-state index >= 15 is 0 Å². The van der Waals surface area contributed by atoms with Gasteiger partial charge in [-0.3, -0.25) is 0 Å². The minimum absolute atomic E-state index is 0.0274. The topological polar surface area (TPSA) is 62.5 Å². The normalized spacial score (nSPS) is 12.2. The number of benzene rings is 1. The number of anilines is 1. The average molecular weight is 280 g/mol. The molecule has 5 heteroatoms. The van der Waals surface area contributed by atoms with E-state index in [0.717, 1.165) is 17.2 Å². The average Bonchev–Trinajstić information content (AvgIpc) is 2.75. The van der Waals surface area contributed by atoms with Crippen LogP contribution in [-0.2, 0) is 0 Å². The number of carboxylic acids is 1. The Morgan fingerprint density at radius 3 is 2.63 bits per heavy atom. The van der Waals surface area contributed by atoms with Crippen molar-refractivity contribution >= 4 is 23.3 Å². The van der Waals surface area contributed by atoms with E-state index in [0.29, 0.717) is 0 Å². The molecule has 100 valence electrons. The summed E-state index contributed by atoms with van der Waals surface area (Å²) in [5.41, 5.74) is 0.838. The first-order chi connectivity index (χ1) is 8.97. The van der Waals surface area contributed by atoms with E-state index in [1.54, 1.807) is 12.1 Å². The van der Waals surface area contributed by atoms with Crippen molar-refractivity contribution in [1.29, 1.82) is 0 Å². The molecule has 0 radical (unpaired) electrons. The first kappa shape index (κ1) is 13.5. The van der Waals surface area contributed by atoms with Gasteiger partial charge in [-0.25, -0.2) is 4.79 Å². The SMILES string of the molecule is Cc1ccc(C(C)Nc2ccc(C(=O)O)c(Cl)c2)o1. The second-order valence-electron chi connectivity index (χ2n) is 4.31. The van der Waals surface area contributed by atoms with Crippen LogP contribution in [0.3, 0.4) is 0 Å². The Hall–Kier alpha value is -1.94. The minimum Gasteiger partial charge on any atom is -0.478 e. The van der Waals surface area contributed by atoms with Gasteiger partial charge in [0.2, 0.25) is 0 Å². The molecule has 2 aromatic rings. The number of rotatable bonds is 4. The molecule has 1 aromatic carbocycles. The molecular formula is C14H14ClNO3. The molecule has 4 nitrogen and oxygen atoms in total. The van der Waals surface area contributed by atoms with Crippen molar-refractivity contribution in [3.05, 3.63) is 52.4 Å². The van der Waals surface area contributed by atoms with Crippen LogP contribution in [0.2, 0.25) is 5.02 Å². The second-order valence-corrected chi connectivity index (χ2v) is 4.72. The highest BCUT2D eigenvalue weighted by Crippen LogP contribution is 2.25. The van der Waals surface area contributed by atoms with Crippen molar-refractivity contribution in [2.24, 2.45) is 0 Å². The Labute approximate surface area is 116 Å². The van der Waals surface area contributed by atoms with E-state index in [4.69, 9.17) is 21.1 Å².